The lowest BCUT2D eigenvalue weighted by atomic mass is 10.2. The summed E-state index contributed by atoms with van der Waals surface area (Å²) < 4.78 is 16.8. The van der Waals surface area contributed by atoms with E-state index in [1.807, 2.05) is 0 Å². The fourth-order valence-corrected chi connectivity index (χ4v) is 3.47. The first-order valence-electron chi connectivity index (χ1n) is 11.1. The Bertz CT molecular complexity index is 1380. The van der Waals surface area contributed by atoms with Gasteiger partial charge in [0.25, 0.3) is 0 Å². The van der Waals surface area contributed by atoms with Gasteiger partial charge in [-0.25, -0.2) is 10.2 Å². The fourth-order valence-electron chi connectivity index (χ4n) is 3.03. The molecule has 0 saturated heterocycles. The number of carbonyl (C=O) groups is 2. The maximum absolute atomic E-state index is 12.8. The van der Waals surface area contributed by atoms with Crippen LogP contribution in [-0.2, 0) is 4.79 Å². The quantitative estimate of drug-likeness (QED) is 0.0788. The summed E-state index contributed by atoms with van der Waals surface area (Å²) >= 11 is 17.8. The molecule has 1 N–H and O–H groups in total. The minimum atomic E-state index is -1.36. The Morgan fingerprint density at radius 1 is 0.711 bits per heavy atom. The highest BCUT2D eigenvalue weighted by Crippen LogP contribution is 2.21. The van der Waals surface area contributed by atoms with Crippen LogP contribution in [0.15, 0.2) is 102 Å². The molecule has 4 rings (SSSR count). The van der Waals surface area contributed by atoms with Gasteiger partial charge in [0.1, 0.15) is 17.2 Å². The summed E-state index contributed by atoms with van der Waals surface area (Å²) in [5.74, 6) is -0.110. The van der Waals surface area contributed by atoms with Crippen molar-refractivity contribution in [3.05, 3.63) is 123 Å². The number of carbonyl (C=O) groups excluding carboxylic acids is 2. The van der Waals surface area contributed by atoms with Crippen molar-refractivity contribution in [3.8, 4) is 17.2 Å². The van der Waals surface area contributed by atoms with E-state index in [9.17, 15) is 9.59 Å². The molecule has 10 heteroatoms. The number of hydrazone groups is 1. The number of benzene rings is 4. The zero-order valence-corrected chi connectivity index (χ0v) is 21.8. The first-order valence-corrected chi connectivity index (χ1v) is 12.2. The molecule has 192 valence electrons. The van der Waals surface area contributed by atoms with E-state index < -0.39 is 18.2 Å². The van der Waals surface area contributed by atoms with Crippen molar-refractivity contribution in [1.29, 1.82) is 0 Å². The summed E-state index contributed by atoms with van der Waals surface area (Å²) in [7, 11) is 0. The van der Waals surface area contributed by atoms with Crippen molar-refractivity contribution in [3.63, 3.8) is 0 Å². The average molecular weight is 570 g/mol. The lowest BCUT2D eigenvalue weighted by Gasteiger charge is -2.19. The molecular formula is C28H19Cl3N2O5. The van der Waals surface area contributed by atoms with Crippen LogP contribution in [-0.4, -0.2) is 24.4 Å². The minimum Gasteiger partial charge on any atom is -0.446 e. The number of hydrogen-bond donors (Lipinski definition) is 1. The molecule has 1 amide bonds. The van der Waals surface area contributed by atoms with Gasteiger partial charge in [-0.1, -0.05) is 40.9 Å². The van der Waals surface area contributed by atoms with E-state index in [2.05, 4.69) is 10.5 Å². The second-order valence-electron chi connectivity index (χ2n) is 7.68. The Labute approximate surface area is 233 Å². The van der Waals surface area contributed by atoms with Gasteiger partial charge < -0.3 is 14.2 Å². The summed E-state index contributed by atoms with van der Waals surface area (Å²) in [6.45, 7) is 0. The van der Waals surface area contributed by atoms with Gasteiger partial charge in [0.05, 0.1) is 11.8 Å². The second kappa shape index (κ2) is 13.0. The Balaban J connectivity index is 1.38. The van der Waals surface area contributed by atoms with E-state index in [4.69, 9.17) is 49.0 Å². The monoisotopic (exact) mass is 568 g/mol. The Morgan fingerprint density at radius 3 is 1.82 bits per heavy atom. The van der Waals surface area contributed by atoms with Crippen molar-refractivity contribution < 1.29 is 23.8 Å². The molecule has 7 nitrogen and oxygen atoms in total. The van der Waals surface area contributed by atoms with Crippen LogP contribution in [0.1, 0.15) is 15.9 Å². The van der Waals surface area contributed by atoms with Crippen molar-refractivity contribution >= 4 is 52.9 Å². The molecule has 0 radical (unpaired) electrons. The topological polar surface area (TPSA) is 86.2 Å². The van der Waals surface area contributed by atoms with Gasteiger partial charge in [-0.2, -0.15) is 5.10 Å². The molecule has 0 spiro atoms. The predicted octanol–water partition coefficient (Wildman–Crippen LogP) is 6.80. The SMILES string of the molecule is O=C(Oc1ccc(C=NNC(=O)C(Oc2ccc(Cl)cc2)Oc2ccc(Cl)cc2)cc1)c1cccc(Cl)c1. The van der Waals surface area contributed by atoms with Crippen LogP contribution in [0.3, 0.4) is 0 Å². The zero-order valence-electron chi connectivity index (χ0n) is 19.5. The van der Waals surface area contributed by atoms with Crippen molar-refractivity contribution in [2.45, 2.75) is 6.29 Å². The zero-order chi connectivity index (χ0) is 26.9. The highest BCUT2D eigenvalue weighted by atomic mass is 35.5. The third kappa shape index (κ3) is 7.98. The third-order valence-electron chi connectivity index (χ3n) is 4.87. The molecule has 4 aromatic carbocycles. The van der Waals surface area contributed by atoms with Gasteiger partial charge in [-0.05, 0) is 96.6 Å². The largest absolute Gasteiger partial charge is 0.446 e. The Kier molecular flexibility index (Phi) is 9.21. The van der Waals surface area contributed by atoms with Crippen LogP contribution >= 0.6 is 34.8 Å². The summed E-state index contributed by atoms with van der Waals surface area (Å²) in [5, 5.41) is 5.45. The van der Waals surface area contributed by atoms with Crippen LogP contribution in [0.4, 0.5) is 0 Å². The number of esters is 1. The van der Waals surface area contributed by atoms with E-state index >= 15 is 0 Å². The number of nitrogens with one attached hydrogen (secondary N) is 1. The van der Waals surface area contributed by atoms with Gasteiger partial charge in [0.15, 0.2) is 0 Å². The van der Waals surface area contributed by atoms with E-state index in [1.165, 1.54) is 12.3 Å². The highest BCUT2D eigenvalue weighted by Gasteiger charge is 2.22. The van der Waals surface area contributed by atoms with Crippen molar-refractivity contribution in [1.82, 2.24) is 5.43 Å². The van der Waals surface area contributed by atoms with Crippen LogP contribution in [0.2, 0.25) is 15.1 Å². The fraction of sp³-hybridized carbons (Fsp3) is 0.0357. The van der Waals surface area contributed by atoms with E-state index in [0.29, 0.717) is 43.4 Å². The molecule has 0 aliphatic heterocycles. The van der Waals surface area contributed by atoms with E-state index in [-0.39, 0.29) is 0 Å². The number of hydrogen-bond acceptors (Lipinski definition) is 6. The molecule has 0 aliphatic rings. The van der Waals surface area contributed by atoms with Gasteiger partial charge >= 0.3 is 18.2 Å². The van der Waals surface area contributed by atoms with Crippen molar-refractivity contribution in [2.24, 2.45) is 5.10 Å². The van der Waals surface area contributed by atoms with Gasteiger partial charge in [0, 0.05) is 15.1 Å². The number of rotatable bonds is 9. The number of amides is 1. The maximum atomic E-state index is 12.8. The molecule has 0 heterocycles. The molecule has 0 aliphatic carbocycles. The molecule has 0 saturated carbocycles. The highest BCUT2D eigenvalue weighted by molar-refractivity contribution is 6.31. The molecule has 4 aromatic rings. The molecule has 0 fully saturated rings. The van der Waals surface area contributed by atoms with Gasteiger partial charge in [0.2, 0.25) is 0 Å². The van der Waals surface area contributed by atoms with Gasteiger partial charge in [-0.15, -0.1) is 0 Å². The number of nitrogens with zero attached hydrogens (tertiary/aromatic N) is 1. The summed E-state index contributed by atoms with van der Waals surface area (Å²) in [6.07, 6.45) is 0.0602. The van der Waals surface area contributed by atoms with Gasteiger partial charge in [-0.3, -0.25) is 4.79 Å². The summed E-state index contributed by atoms with van der Waals surface area (Å²) in [5.41, 5.74) is 3.37. The number of halogens is 3. The second-order valence-corrected chi connectivity index (χ2v) is 8.99. The summed E-state index contributed by atoms with van der Waals surface area (Å²) in [4.78, 5) is 25.1. The Hall–Kier alpha value is -4.04. The summed E-state index contributed by atoms with van der Waals surface area (Å²) in [6, 6.07) is 25.9. The van der Waals surface area contributed by atoms with Crippen molar-refractivity contribution in [2.75, 3.05) is 0 Å². The third-order valence-corrected chi connectivity index (χ3v) is 5.61. The standard InChI is InChI=1S/C28H19Cl3N2O5/c29-20-6-12-24(13-7-20)37-28(38-25-14-8-21(30)9-15-25)26(34)33-32-17-18-4-10-23(11-5-18)36-27(35)19-2-1-3-22(31)16-19/h1-17,28H,(H,33,34). The normalized spacial score (nSPS) is 10.8. The Morgan fingerprint density at radius 2 is 1.26 bits per heavy atom. The minimum absolute atomic E-state index is 0.335. The lowest BCUT2D eigenvalue weighted by Crippen LogP contribution is -2.40. The number of ether oxygens (including phenoxy) is 3. The molecule has 0 atom stereocenters. The van der Waals surface area contributed by atoms with E-state index in [0.717, 1.165) is 0 Å². The lowest BCUT2D eigenvalue weighted by molar-refractivity contribution is -0.140. The first-order chi connectivity index (χ1) is 18.4. The average Bonchev–Trinajstić information content (AvgIpc) is 2.91. The smallest absolute Gasteiger partial charge is 0.343 e. The molecule has 0 unspecified atom stereocenters. The van der Waals surface area contributed by atoms with Crippen LogP contribution in [0.5, 0.6) is 17.2 Å². The predicted molar refractivity (Wildman–Crippen MR) is 147 cm³/mol. The molecule has 0 bridgehead atoms. The van der Waals surface area contributed by atoms with Crippen LogP contribution < -0.4 is 19.6 Å². The maximum Gasteiger partial charge on any atom is 0.343 e. The van der Waals surface area contributed by atoms with Crippen LogP contribution in [0, 0.1) is 0 Å². The molecule has 38 heavy (non-hydrogen) atoms. The van der Waals surface area contributed by atoms with Crippen LogP contribution in [0.25, 0.3) is 0 Å². The van der Waals surface area contributed by atoms with E-state index in [1.54, 1.807) is 91.0 Å². The molecule has 0 aromatic heterocycles. The first kappa shape index (κ1) is 27.0. The molecular weight excluding hydrogens is 551 g/mol.